The predicted octanol–water partition coefficient (Wildman–Crippen LogP) is 2.39. The summed E-state index contributed by atoms with van der Waals surface area (Å²) < 4.78 is 7.19. The highest BCUT2D eigenvalue weighted by molar-refractivity contribution is 5.62. The summed E-state index contributed by atoms with van der Waals surface area (Å²) in [5.74, 6) is 1.52. The smallest absolute Gasteiger partial charge is 0.247 e. The minimum atomic E-state index is 0.531. The number of aromatic nitrogens is 4. The number of aryl methyl sites for hydroxylation is 2. The van der Waals surface area contributed by atoms with Crippen molar-refractivity contribution < 1.29 is 4.42 Å². The summed E-state index contributed by atoms with van der Waals surface area (Å²) >= 11 is 0. The molecule has 0 aliphatic carbocycles. The van der Waals surface area contributed by atoms with Crippen molar-refractivity contribution in [3.63, 3.8) is 0 Å². The van der Waals surface area contributed by atoms with E-state index in [0.717, 1.165) is 22.6 Å². The Hall–Kier alpha value is -2.63. The molecule has 0 spiro atoms. The van der Waals surface area contributed by atoms with Gasteiger partial charge in [-0.05, 0) is 30.7 Å². The van der Waals surface area contributed by atoms with Gasteiger partial charge in [0, 0.05) is 30.7 Å². The van der Waals surface area contributed by atoms with Crippen molar-refractivity contribution >= 4 is 5.69 Å². The summed E-state index contributed by atoms with van der Waals surface area (Å²) in [5.41, 5.74) is 3.11. The van der Waals surface area contributed by atoms with E-state index < -0.39 is 0 Å². The van der Waals surface area contributed by atoms with Crippen molar-refractivity contribution in [1.29, 1.82) is 0 Å². The zero-order chi connectivity index (χ0) is 13.9. The fourth-order valence-electron chi connectivity index (χ4n) is 2.03. The van der Waals surface area contributed by atoms with Crippen molar-refractivity contribution in [2.45, 2.75) is 13.5 Å². The molecule has 0 unspecified atom stereocenters. The topological polar surface area (TPSA) is 68.8 Å². The molecule has 20 heavy (non-hydrogen) atoms. The quantitative estimate of drug-likeness (QED) is 0.787. The lowest BCUT2D eigenvalue weighted by molar-refractivity contribution is 0.568. The van der Waals surface area contributed by atoms with Gasteiger partial charge in [0.05, 0.1) is 6.54 Å². The fraction of sp³-hybridized carbons (Fsp3) is 0.214. The Balaban J connectivity index is 1.76. The Bertz CT molecular complexity index is 702. The Morgan fingerprint density at radius 1 is 1.35 bits per heavy atom. The van der Waals surface area contributed by atoms with E-state index >= 15 is 0 Å². The van der Waals surface area contributed by atoms with Gasteiger partial charge < -0.3 is 14.3 Å². The first kappa shape index (κ1) is 12.4. The SMILES string of the molecule is Cc1cc(-c2nnco2)ccc1NCc1nccn1C. The monoisotopic (exact) mass is 269 g/mol. The van der Waals surface area contributed by atoms with Crippen LogP contribution in [0.4, 0.5) is 5.69 Å². The van der Waals surface area contributed by atoms with Gasteiger partial charge in [0.15, 0.2) is 0 Å². The molecule has 3 rings (SSSR count). The molecule has 6 heteroatoms. The maximum atomic E-state index is 5.19. The number of hydrogen-bond donors (Lipinski definition) is 1. The van der Waals surface area contributed by atoms with Gasteiger partial charge >= 0.3 is 0 Å². The van der Waals surface area contributed by atoms with Crippen molar-refractivity contribution in [3.8, 4) is 11.5 Å². The van der Waals surface area contributed by atoms with Crippen LogP contribution in [0, 0.1) is 6.92 Å². The van der Waals surface area contributed by atoms with Crippen LogP contribution in [-0.4, -0.2) is 19.7 Å². The van der Waals surface area contributed by atoms with Gasteiger partial charge in [-0.25, -0.2) is 4.98 Å². The van der Waals surface area contributed by atoms with Crippen LogP contribution in [0.15, 0.2) is 41.4 Å². The maximum Gasteiger partial charge on any atom is 0.247 e. The van der Waals surface area contributed by atoms with E-state index in [1.54, 1.807) is 6.20 Å². The molecule has 0 radical (unpaired) electrons. The Morgan fingerprint density at radius 3 is 2.90 bits per heavy atom. The molecular weight excluding hydrogens is 254 g/mol. The molecule has 102 valence electrons. The molecule has 0 saturated heterocycles. The van der Waals surface area contributed by atoms with Crippen LogP contribution in [-0.2, 0) is 13.6 Å². The molecule has 0 atom stereocenters. The van der Waals surface area contributed by atoms with Crippen LogP contribution in [0.25, 0.3) is 11.5 Å². The molecule has 1 aromatic carbocycles. The van der Waals surface area contributed by atoms with Crippen LogP contribution in [0.1, 0.15) is 11.4 Å². The highest BCUT2D eigenvalue weighted by Crippen LogP contribution is 2.23. The third kappa shape index (κ3) is 2.40. The lowest BCUT2D eigenvalue weighted by atomic mass is 10.1. The third-order valence-electron chi connectivity index (χ3n) is 3.19. The summed E-state index contributed by atoms with van der Waals surface area (Å²) in [5, 5.41) is 11.0. The van der Waals surface area contributed by atoms with Crippen molar-refractivity contribution in [2.75, 3.05) is 5.32 Å². The standard InChI is InChI=1S/C14H15N5O/c1-10-7-11(14-18-17-9-20-14)3-4-12(10)16-8-13-15-5-6-19(13)2/h3-7,9,16H,8H2,1-2H3. The number of hydrogen-bond acceptors (Lipinski definition) is 5. The first-order valence-corrected chi connectivity index (χ1v) is 6.31. The number of anilines is 1. The minimum Gasteiger partial charge on any atom is -0.423 e. The average Bonchev–Trinajstić information content (AvgIpc) is 3.09. The second-order valence-corrected chi connectivity index (χ2v) is 4.58. The first-order chi connectivity index (χ1) is 9.74. The van der Waals surface area contributed by atoms with E-state index in [2.05, 4.69) is 20.5 Å². The van der Waals surface area contributed by atoms with E-state index in [4.69, 9.17) is 4.42 Å². The fourth-order valence-corrected chi connectivity index (χ4v) is 2.03. The molecular formula is C14H15N5O. The van der Waals surface area contributed by atoms with Crippen LogP contribution in [0.3, 0.4) is 0 Å². The lowest BCUT2D eigenvalue weighted by Gasteiger charge is -2.10. The largest absolute Gasteiger partial charge is 0.423 e. The number of rotatable bonds is 4. The number of imidazole rings is 1. The molecule has 2 heterocycles. The molecule has 0 aliphatic rings. The average molecular weight is 269 g/mol. The summed E-state index contributed by atoms with van der Waals surface area (Å²) in [6.45, 7) is 2.73. The van der Waals surface area contributed by atoms with E-state index in [-0.39, 0.29) is 0 Å². The lowest BCUT2D eigenvalue weighted by Crippen LogP contribution is -2.06. The van der Waals surface area contributed by atoms with Crippen LogP contribution in [0.2, 0.25) is 0 Å². The number of nitrogens with zero attached hydrogens (tertiary/aromatic N) is 4. The van der Waals surface area contributed by atoms with E-state index in [1.165, 1.54) is 6.39 Å². The van der Waals surface area contributed by atoms with Gasteiger partial charge in [0.1, 0.15) is 5.82 Å². The molecule has 0 bridgehead atoms. The van der Waals surface area contributed by atoms with Crippen LogP contribution in [0.5, 0.6) is 0 Å². The zero-order valence-corrected chi connectivity index (χ0v) is 11.4. The molecule has 2 aromatic heterocycles. The van der Waals surface area contributed by atoms with Gasteiger partial charge in [-0.15, -0.1) is 10.2 Å². The summed E-state index contributed by atoms with van der Waals surface area (Å²) in [4.78, 5) is 4.29. The van der Waals surface area contributed by atoms with Gasteiger partial charge in [-0.2, -0.15) is 0 Å². The van der Waals surface area contributed by atoms with Crippen molar-refractivity contribution in [1.82, 2.24) is 19.7 Å². The Kier molecular flexibility index (Phi) is 3.20. The second kappa shape index (κ2) is 5.16. The van der Waals surface area contributed by atoms with Gasteiger partial charge in [-0.1, -0.05) is 0 Å². The molecule has 6 nitrogen and oxygen atoms in total. The highest BCUT2D eigenvalue weighted by Gasteiger charge is 2.07. The van der Waals surface area contributed by atoms with E-state index in [0.29, 0.717) is 12.4 Å². The number of benzene rings is 1. The molecule has 0 saturated carbocycles. The Morgan fingerprint density at radius 2 is 2.25 bits per heavy atom. The Labute approximate surface area is 116 Å². The maximum absolute atomic E-state index is 5.19. The molecule has 1 N–H and O–H groups in total. The predicted molar refractivity (Wildman–Crippen MR) is 75.0 cm³/mol. The molecule has 3 aromatic rings. The van der Waals surface area contributed by atoms with Crippen LogP contribution >= 0.6 is 0 Å². The summed E-state index contributed by atoms with van der Waals surface area (Å²) in [6, 6.07) is 5.99. The van der Waals surface area contributed by atoms with Gasteiger partial charge in [0.2, 0.25) is 12.3 Å². The third-order valence-corrected chi connectivity index (χ3v) is 3.19. The number of nitrogens with one attached hydrogen (secondary N) is 1. The molecule has 0 fully saturated rings. The second-order valence-electron chi connectivity index (χ2n) is 4.58. The molecule has 0 amide bonds. The minimum absolute atomic E-state index is 0.531. The van der Waals surface area contributed by atoms with Gasteiger partial charge in [0.25, 0.3) is 0 Å². The van der Waals surface area contributed by atoms with Crippen LogP contribution < -0.4 is 5.32 Å². The van der Waals surface area contributed by atoms with E-state index in [1.807, 2.05) is 42.9 Å². The van der Waals surface area contributed by atoms with Gasteiger partial charge in [-0.3, -0.25) is 0 Å². The molecule has 0 aliphatic heterocycles. The summed E-state index contributed by atoms with van der Waals surface area (Å²) in [6.07, 6.45) is 5.06. The first-order valence-electron chi connectivity index (χ1n) is 6.31. The van der Waals surface area contributed by atoms with E-state index in [9.17, 15) is 0 Å². The summed E-state index contributed by atoms with van der Waals surface area (Å²) in [7, 11) is 1.98. The van der Waals surface area contributed by atoms with Crippen molar-refractivity contribution in [3.05, 3.63) is 48.4 Å². The zero-order valence-electron chi connectivity index (χ0n) is 11.4. The normalized spacial score (nSPS) is 10.7. The highest BCUT2D eigenvalue weighted by atomic mass is 16.4. The van der Waals surface area contributed by atoms with Crippen molar-refractivity contribution in [2.24, 2.45) is 7.05 Å².